The Morgan fingerprint density at radius 1 is 1.41 bits per heavy atom. The van der Waals surface area contributed by atoms with E-state index >= 15 is 0 Å². The van der Waals surface area contributed by atoms with E-state index in [9.17, 15) is 0 Å². The number of ether oxygens (including phenoxy) is 1. The highest BCUT2D eigenvalue weighted by molar-refractivity contribution is 5.93. The van der Waals surface area contributed by atoms with Crippen LogP contribution in [0.25, 0.3) is 0 Å². The minimum absolute atomic E-state index is 0.0530. The highest BCUT2D eigenvalue weighted by atomic mass is 16.5. The normalized spacial score (nSPS) is 13.2. The fraction of sp³-hybridized carbons (Fsp3) is 0.417. The number of nitrogens with one attached hydrogen (secondary N) is 2. The van der Waals surface area contributed by atoms with Crippen LogP contribution in [0.5, 0.6) is 0 Å². The first-order chi connectivity index (χ1) is 8.26. The standard InChI is InChI=1S/C12H20N4O/c1-3-17-9-10(2)14-12(16-13)15-11-7-5-4-6-8-11/h4-8,10H,3,9,13H2,1-2H3,(H2,14,15,16). The van der Waals surface area contributed by atoms with E-state index < -0.39 is 0 Å². The Labute approximate surface area is 102 Å². The maximum absolute atomic E-state index is 5.41. The van der Waals surface area contributed by atoms with Crippen LogP contribution < -0.4 is 16.6 Å². The summed E-state index contributed by atoms with van der Waals surface area (Å²) in [5, 5.41) is 3.09. The lowest BCUT2D eigenvalue weighted by molar-refractivity contribution is 0.137. The predicted octanol–water partition coefficient (Wildman–Crippen LogP) is 1.34. The number of guanidine groups is 1. The van der Waals surface area contributed by atoms with Crippen molar-refractivity contribution in [1.29, 1.82) is 0 Å². The Hall–Kier alpha value is -1.59. The number of para-hydroxylation sites is 1. The second-order valence-corrected chi connectivity index (χ2v) is 3.62. The van der Waals surface area contributed by atoms with Gasteiger partial charge in [0.15, 0.2) is 0 Å². The number of hydrogen-bond acceptors (Lipinski definition) is 3. The van der Waals surface area contributed by atoms with Crippen LogP contribution in [0, 0.1) is 0 Å². The molecule has 0 fully saturated rings. The molecule has 0 amide bonds. The summed E-state index contributed by atoms with van der Waals surface area (Å²) in [5.74, 6) is 5.94. The van der Waals surface area contributed by atoms with Gasteiger partial charge in [-0.05, 0) is 26.0 Å². The van der Waals surface area contributed by atoms with Crippen molar-refractivity contribution in [2.45, 2.75) is 19.9 Å². The summed E-state index contributed by atoms with van der Waals surface area (Å²) >= 11 is 0. The summed E-state index contributed by atoms with van der Waals surface area (Å²) < 4.78 is 5.29. The molecular weight excluding hydrogens is 216 g/mol. The third kappa shape index (κ3) is 5.33. The maximum atomic E-state index is 5.41. The molecule has 0 aliphatic rings. The average molecular weight is 236 g/mol. The third-order valence-corrected chi connectivity index (χ3v) is 2.09. The van der Waals surface area contributed by atoms with Crippen molar-refractivity contribution < 1.29 is 4.74 Å². The van der Waals surface area contributed by atoms with Crippen LogP contribution in [0.2, 0.25) is 0 Å². The monoisotopic (exact) mass is 236 g/mol. The molecule has 0 heterocycles. The topological polar surface area (TPSA) is 71.7 Å². The predicted molar refractivity (Wildman–Crippen MR) is 70.8 cm³/mol. The molecule has 1 atom stereocenters. The number of anilines is 1. The van der Waals surface area contributed by atoms with Crippen molar-refractivity contribution >= 4 is 11.6 Å². The molecule has 0 aliphatic heterocycles. The molecule has 1 aromatic rings. The van der Waals surface area contributed by atoms with Crippen molar-refractivity contribution in [2.75, 3.05) is 18.5 Å². The van der Waals surface area contributed by atoms with Gasteiger partial charge in [-0.3, -0.25) is 5.43 Å². The summed E-state index contributed by atoms with van der Waals surface area (Å²) in [6.45, 7) is 5.20. The number of hydrogen-bond donors (Lipinski definition) is 3. The highest BCUT2D eigenvalue weighted by Crippen LogP contribution is 2.04. The van der Waals surface area contributed by atoms with E-state index in [4.69, 9.17) is 10.6 Å². The molecule has 0 aromatic heterocycles. The second kappa shape index (κ2) is 7.65. The fourth-order valence-electron chi connectivity index (χ4n) is 1.31. The van der Waals surface area contributed by atoms with Gasteiger partial charge >= 0.3 is 0 Å². The van der Waals surface area contributed by atoms with Crippen LogP contribution in [0.15, 0.2) is 35.3 Å². The van der Waals surface area contributed by atoms with Gasteiger partial charge in [-0.15, -0.1) is 0 Å². The van der Waals surface area contributed by atoms with E-state index in [1.807, 2.05) is 44.2 Å². The molecule has 0 saturated carbocycles. The van der Waals surface area contributed by atoms with Gasteiger partial charge in [0.1, 0.15) is 0 Å². The first-order valence-electron chi connectivity index (χ1n) is 5.70. The smallest absolute Gasteiger partial charge is 0.210 e. The molecule has 5 heteroatoms. The van der Waals surface area contributed by atoms with E-state index in [2.05, 4.69) is 15.7 Å². The number of rotatable bonds is 5. The lowest BCUT2D eigenvalue weighted by Gasteiger charge is -2.12. The van der Waals surface area contributed by atoms with E-state index in [-0.39, 0.29) is 6.04 Å². The van der Waals surface area contributed by atoms with E-state index in [0.29, 0.717) is 19.2 Å². The largest absolute Gasteiger partial charge is 0.380 e. The van der Waals surface area contributed by atoms with Crippen LogP contribution in [0.1, 0.15) is 13.8 Å². The Morgan fingerprint density at radius 3 is 2.71 bits per heavy atom. The zero-order chi connectivity index (χ0) is 12.5. The van der Waals surface area contributed by atoms with Crippen LogP contribution >= 0.6 is 0 Å². The molecule has 94 valence electrons. The molecule has 17 heavy (non-hydrogen) atoms. The summed E-state index contributed by atoms with van der Waals surface area (Å²) in [7, 11) is 0. The number of hydrazine groups is 1. The lowest BCUT2D eigenvalue weighted by Crippen LogP contribution is -2.37. The van der Waals surface area contributed by atoms with Crippen molar-refractivity contribution in [3.05, 3.63) is 30.3 Å². The van der Waals surface area contributed by atoms with Gasteiger partial charge in [-0.2, -0.15) is 0 Å². The van der Waals surface area contributed by atoms with E-state index in [1.54, 1.807) is 0 Å². The molecule has 0 aliphatic carbocycles. The van der Waals surface area contributed by atoms with Crippen molar-refractivity contribution in [3.63, 3.8) is 0 Å². The first kappa shape index (κ1) is 13.5. The van der Waals surface area contributed by atoms with Gasteiger partial charge in [0, 0.05) is 12.3 Å². The summed E-state index contributed by atoms with van der Waals surface area (Å²) in [4.78, 5) is 4.37. The molecule has 0 bridgehead atoms. The van der Waals surface area contributed by atoms with Crippen LogP contribution in [-0.2, 0) is 4.74 Å². The van der Waals surface area contributed by atoms with Crippen LogP contribution in [0.4, 0.5) is 5.69 Å². The molecule has 5 nitrogen and oxygen atoms in total. The highest BCUT2D eigenvalue weighted by Gasteiger charge is 2.02. The van der Waals surface area contributed by atoms with Gasteiger partial charge in [-0.1, -0.05) is 18.2 Å². The average Bonchev–Trinajstić information content (AvgIpc) is 2.36. The molecule has 1 aromatic carbocycles. The van der Waals surface area contributed by atoms with Crippen molar-refractivity contribution in [2.24, 2.45) is 10.8 Å². The molecule has 0 radical (unpaired) electrons. The quantitative estimate of drug-likeness (QED) is 0.312. The molecule has 4 N–H and O–H groups in total. The van der Waals surface area contributed by atoms with Crippen LogP contribution in [0.3, 0.4) is 0 Å². The molecule has 0 spiro atoms. The second-order valence-electron chi connectivity index (χ2n) is 3.62. The third-order valence-electron chi connectivity index (χ3n) is 2.09. The van der Waals surface area contributed by atoms with Gasteiger partial charge < -0.3 is 10.1 Å². The van der Waals surface area contributed by atoms with E-state index in [0.717, 1.165) is 5.69 Å². The van der Waals surface area contributed by atoms with Crippen molar-refractivity contribution in [1.82, 2.24) is 5.43 Å². The zero-order valence-electron chi connectivity index (χ0n) is 10.3. The van der Waals surface area contributed by atoms with Gasteiger partial charge in [0.05, 0.1) is 12.6 Å². The SMILES string of the molecule is CCOCC(C)N=C(NN)Nc1ccccc1. The summed E-state index contributed by atoms with van der Waals surface area (Å²) in [6.07, 6.45) is 0. The van der Waals surface area contributed by atoms with Gasteiger partial charge in [0.2, 0.25) is 5.96 Å². The maximum Gasteiger partial charge on any atom is 0.210 e. The first-order valence-corrected chi connectivity index (χ1v) is 5.70. The van der Waals surface area contributed by atoms with Crippen LogP contribution in [-0.4, -0.2) is 25.2 Å². The molecule has 1 rings (SSSR count). The minimum Gasteiger partial charge on any atom is -0.380 e. The Kier molecular flexibility index (Phi) is 6.06. The molecular formula is C12H20N4O. The van der Waals surface area contributed by atoms with Gasteiger partial charge in [0.25, 0.3) is 0 Å². The number of nitrogens with two attached hydrogens (primary N) is 1. The Balaban J connectivity index is 2.55. The number of benzene rings is 1. The Morgan fingerprint density at radius 2 is 2.12 bits per heavy atom. The molecule has 0 saturated heterocycles. The molecule has 1 unspecified atom stereocenters. The summed E-state index contributed by atoms with van der Waals surface area (Å²) in [6, 6.07) is 9.79. The number of aliphatic imine (C=N–C) groups is 1. The van der Waals surface area contributed by atoms with Crippen molar-refractivity contribution in [3.8, 4) is 0 Å². The van der Waals surface area contributed by atoms with Gasteiger partial charge in [-0.25, -0.2) is 10.8 Å². The Bertz CT molecular complexity index is 340. The number of nitrogens with zero attached hydrogens (tertiary/aromatic N) is 1. The lowest BCUT2D eigenvalue weighted by atomic mass is 10.3. The summed E-state index contributed by atoms with van der Waals surface area (Å²) in [5.41, 5.74) is 3.48. The minimum atomic E-state index is 0.0530. The van der Waals surface area contributed by atoms with E-state index in [1.165, 1.54) is 0 Å². The zero-order valence-corrected chi connectivity index (χ0v) is 10.3. The fourth-order valence-corrected chi connectivity index (χ4v) is 1.31.